The van der Waals surface area contributed by atoms with Crippen LogP contribution in [-0.2, 0) is 5.60 Å². The summed E-state index contributed by atoms with van der Waals surface area (Å²) in [4.78, 5) is 29.4. The number of aliphatic hydroxyl groups is 1. The first-order chi connectivity index (χ1) is 21.2. The predicted octanol–water partition coefficient (Wildman–Crippen LogP) is 5.05. The average Bonchev–Trinajstić information content (AvgIpc) is 3.74. The van der Waals surface area contributed by atoms with Gasteiger partial charge in [-0.25, -0.2) is 13.8 Å². The van der Waals surface area contributed by atoms with Gasteiger partial charge in [0.1, 0.15) is 28.6 Å². The highest BCUT2D eigenvalue weighted by atomic mass is 35.5. The van der Waals surface area contributed by atoms with Crippen LogP contribution in [0.1, 0.15) is 52.2 Å². The van der Waals surface area contributed by atoms with Crippen LogP contribution in [0.4, 0.5) is 22.0 Å². The Bertz CT molecular complexity index is 1830. The lowest BCUT2D eigenvalue weighted by Gasteiger charge is -2.31. The number of rotatable bonds is 10. The van der Waals surface area contributed by atoms with Crippen LogP contribution >= 0.6 is 11.6 Å². The van der Waals surface area contributed by atoms with E-state index in [0.29, 0.717) is 29.1 Å². The van der Waals surface area contributed by atoms with E-state index in [1.54, 1.807) is 10.9 Å². The maximum atomic E-state index is 14.6. The first-order valence-electron chi connectivity index (χ1n) is 13.5. The minimum absolute atomic E-state index is 0.0978. The number of hydrogen-bond donors (Lipinski definition) is 3. The van der Waals surface area contributed by atoms with Gasteiger partial charge < -0.3 is 25.6 Å². The third kappa shape index (κ3) is 5.96. The van der Waals surface area contributed by atoms with Crippen molar-refractivity contribution < 1.29 is 46.1 Å². The van der Waals surface area contributed by atoms with E-state index in [1.807, 2.05) is 0 Å². The van der Waals surface area contributed by atoms with Crippen molar-refractivity contribution in [2.45, 2.75) is 37.6 Å². The van der Waals surface area contributed by atoms with Crippen LogP contribution in [0.3, 0.4) is 0 Å². The molecule has 1 aliphatic rings. The second kappa shape index (κ2) is 11.8. The Kier molecular flexibility index (Phi) is 8.35. The molecule has 1 saturated carbocycles. The van der Waals surface area contributed by atoms with Crippen LogP contribution in [0.5, 0.6) is 11.5 Å². The summed E-state index contributed by atoms with van der Waals surface area (Å²) in [6, 6.07) is 4.51. The highest BCUT2D eigenvalue weighted by molar-refractivity contribution is 6.33. The van der Waals surface area contributed by atoms with Gasteiger partial charge in [-0.2, -0.15) is 18.3 Å². The predicted molar refractivity (Wildman–Crippen MR) is 151 cm³/mol. The summed E-state index contributed by atoms with van der Waals surface area (Å²) in [5.41, 5.74) is -1.39. The SMILES string of the molecule is CCOc1c(C(N)=O)cc([C@@](O)(CNC(=O)c2cc(OC)c3nn(C4CC4)cc3c2)C(F)(F)F)nc1-c1cc(F)cc(F)c1Cl. The second-order valence-corrected chi connectivity index (χ2v) is 10.7. The molecule has 45 heavy (non-hydrogen) atoms. The van der Waals surface area contributed by atoms with Gasteiger partial charge in [0, 0.05) is 28.8 Å². The first-order valence-corrected chi connectivity index (χ1v) is 13.8. The lowest BCUT2D eigenvalue weighted by atomic mass is 9.94. The number of nitrogens with zero attached hydrogens (tertiary/aromatic N) is 3. The van der Waals surface area contributed by atoms with Crippen molar-refractivity contribution in [3.05, 3.63) is 70.0 Å². The Morgan fingerprint density at radius 1 is 1.18 bits per heavy atom. The molecule has 1 aliphatic carbocycles. The van der Waals surface area contributed by atoms with Gasteiger partial charge in [-0.05, 0) is 44.0 Å². The highest BCUT2D eigenvalue weighted by Gasteiger charge is 2.57. The molecule has 10 nitrogen and oxygen atoms in total. The number of hydrogen-bond acceptors (Lipinski definition) is 7. The van der Waals surface area contributed by atoms with Gasteiger partial charge in [0.15, 0.2) is 5.75 Å². The molecule has 1 fully saturated rings. The topological polar surface area (TPSA) is 142 Å². The fraction of sp³-hybridized carbons (Fsp3) is 0.310. The zero-order chi connectivity index (χ0) is 32.8. The van der Waals surface area contributed by atoms with Crippen molar-refractivity contribution >= 4 is 34.3 Å². The average molecular weight is 654 g/mol. The number of nitrogens with two attached hydrogens (primary N) is 1. The number of fused-ring (bicyclic) bond motifs is 1. The van der Waals surface area contributed by atoms with Gasteiger partial charge in [-0.3, -0.25) is 14.3 Å². The third-order valence-electron chi connectivity index (χ3n) is 7.17. The number of amides is 2. The van der Waals surface area contributed by atoms with Crippen LogP contribution in [-0.4, -0.2) is 58.1 Å². The number of pyridine rings is 1. The van der Waals surface area contributed by atoms with Gasteiger partial charge in [-0.1, -0.05) is 11.6 Å². The normalized spacial score (nSPS) is 14.7. The number of aromatic nitrogens is 3. The number of methoxy groups -OCH3 is 1. The van der Waals surface area contributed by atoms with E-state index in [2.05, 4.69) is 15.4 Å². The number of alkyl halides is 3. The Labute approximate surface area is 256 Å². The summed E-state index contributed by atoms with van der Waals surface area (Å²) in [5, 5.41) is 17.4. The molecule has 0 saturated heterocycles. The Hall–Kier alpha value is -4.50. The standard InChI is InChI=1S/C29H25ClF5N5O5/c1-3-45-25-18(26(36)41)10-21(38-24(25)17-8-15(31)9-19(32)22(17)30)28(43,29(33,34)35)12-37-27(42)13-6-14-11-40(16-4-5-16)39-23(14)20(7-13)44-2/h6-11,16,43H,3-5,12H2,1-2H3,(H2,36,41)(H,37,42)/t28-/m0/s1. The monoisotopic (exact) mass is 653 g/mol. The first kappa shape index (κ1) is 31.9. The van der Waals surface area contributed by atoms with Crippen molar-refractivity contribution in [1.82, 2.24) is 20.1 Å². The molecule has 238 valence electrons. The smallest absolute Gasteiger partial charge is 0.424 e. The fourth-order valence-electron chi connectivity index (χ4n) is 4.71. The number of nitrogens with one attached hydrogen (secondary N) is 1. The minimum Gasteiger partial charge on any atom is -0.494 e. The summed E-state index contributed by atoms with van der Waals surface area (Å²) >= 11 is 6.01. The summed E-state index contributed by atoms with van der Waals surface area (Å²) in [6.45, 7) is -0.210. The molecular formula is C29H25ClF5N5O5. The zero-order valence-electron chi connectivity index (χ0n) is 23.6. The van der Waals surface area contributed by atoms with Crippen LogP contribution in [0, 0.1) is 11.6 Å². The van der Waals surface area contributed by atoms with Gasteiger partial charge in [0.05, 0.1) is 42.6 Å². The zero-order valence-corrected chi connectivity index (χ0v) is 24.4. The van der Waals surface area contributed by atoms with E-state index in [1.165, 1.54) is 26.2 Å². The van der Waals surface area contributed by atoms with Gasteiger partial charge >= 0.3 is 6.18 Å². The van der Waals surface area contributed by atoms with Gasteiger partial charge in [0.2, 0.25) is 5.60 Å². The molecule has 16 heteroatoms. The van der Waals surface area contributed by atoms with E-state index in [0.717, 1.165) is 12.8 Å². The van der Waals surface area contributed by atoms with Crippen molar-refractivity contribution in [2.24, 2.45) is 5.73 Å². The molecule has 2 aromatic carbocycles. The second-order valence-electron chi connectivity index (χ2n) is 10.3. The Morgan fingerprint density at radius 2 is 1.89 bits per heavy atom. The summed E-state index contributed by atoms with van der Waals surface area (Å²) in [7, 11) is 1.34. The Morgan fingerprint density at radius 3 is 2.49 bits per heavy atom. The van der Waals surface area contributed by atoms with Gasteiger partial charge in [-0.15, -0.1) is 0 Å². The lowest BCUT2D eigenvalue weighted by molar-refractivity contribution is -0.265. The lowest BCUT2D eigenvalue weighted by Crippen LogP contribution is -2.51. The molecule has 4 N–H and O–H groups in total. The molecule has 1 atom stereocenters. The molecular weight excluding hydrogens is 629 g/mol. The maximum absolute atomic E-state index is 14.6. The summed E-state index contributed by atoms with van der Waals surface area (Å²) in [5.74, 6) is -5.11. The number of halogens is 6. The van der Waals surface area contributed by atoms with Gasteiger partial charge in [0.25, 0.3) is 11.8 Å². The van der Waals surface area contributed by atoms with Crippen molar-refractivity contribution in [2.75, 3.05) is 20.3 Å². The molecule has 2 aromatic heterocycles. The van der Waals surface area contributed by atoms with Crippen molar-refractivity contribution in [3.63, 3.8) is 0 Å². The minimum atomic E-state index is -5.52. The molecule has 0 radical (unpaired) electrons. The van der Waals surface area contributed by atoms with Crippen LogP contribution < -0.4 is 20.5 Å². The van der Waals surface area contributed by atoms with Crippen LogP contribution in [0.25, 0.3) is 22.2 Å². The van der Waals surface area contributed by atoms with Crippen molar-refractivity contribution in [3.8, 4) is 22.8 Å². The molecule has 4 aromatic rings. The summed E-state index contributed by atoms with van der Waals surface area (Å²) < 4.78 is 84.9. The largest absolute Gasteiger partial charge is 0.494 e. The van der Waals surface area contributed by atoms with E-state index >= 15 is 0 Å². The molecule has 2 heterocycles. The molecule has 2 amide bonds. The molecule has 0 unspecified atom stereocenters. The molecule has 0 aliphatic heterocycles. The highest BCUT2D eigenvalue weighted by Crippen LogP contribution is 2.43. The Balaban J connectivity index is 1.58. The van der Waals surface area contributed by atoms with Crippen molar-refractivity contribution in [1.29, 1.82) is 0 Å². The number of primary amides is 1. The fourth-order valence-corrected chi connectivity index (χ4v) is 4.91. The quantitative estimate of drug-likeness (QED) is 0.161. The number of carbonyl (C=O) groups is 2. The number of benzene rings is 2. The van der Waals surface area contributed by atoms with E-state index in [4.69, 9.17) is 26.8 Å². The number of ether oxygens (including phenoxy) is 2. The van der Waals surface area contributed by atoms with E-state index in [-0.39, 0.29) is 24.0 Å². The summed E-state index contributed by atoms with van der Waals surface area (Å²) in [6.07, 6.45) is -1.97. The molecule has 5 rings (SSSR count). The maximum Gasteiger partial charge on any atom is 0.424 e. The van der Waals surface area contributed by atoms with E-state index in [9.17, 15) is 36.6 Å². The van der Waals surface area contributed by atoms with Crippen LogP contribution in [0.2, 0.25) is 5.02 Å². The van der Waals surface area contributed by atoms with Crippen LogP contribution in [0.15, 0.2) is 36.5 Å². The molecule has 0 bridgehead atoms. The number of carbonyl (C=O) groups excluding carboxylic acids is 2. The third-order valence-corrected chi connectivity index (χ3v) is 7.55. The van der Waals surface area contributed by atoms with E-state index < -0.39 is 75.1 Å². The molecule has 0 spiro atoms.